The molecular formula is C17H19N5OS. The van der Waals surface area contributed by atoms with E-state index in [2.05, 4.69) is 20.8 Å². The number of nitrogens with one attached hydrogen (secondary N) is 1. The van der Waals surface area contributed by atoms with Crippen LogP contribution in [0.25, 0.3) is 11.4 Å². The van der Waals surface area contributed by atoms with Crippen LogP contribution in [0.5, 0.6) is 0 Å². The molecule has 0 spiro atoms. The molecule has 6 nitrogen and oxygen atoms in total. The highest BCUT2D eigenvalue weighted by molar-refractivity contribution is 7.84. The quantitative estimate of drug-likeness (QED) is 0.746. The number of anilines is 1. The van der Waals surface area contributed by atoms with Crippen LogP contribution in [0.1, 0.15) is 12.5 Å². The predicted molar refractivity (Wildman–Crippen MR) is 95.0 cm³/mol. The Bertz CT molecular complexity index is 844. The summed E-state index contributed by atoms with van der Waals surface area (Å²) in [5.74, 6) is 0.760. The molecule has 3 aromatic rings. The molecule has 0 saturated heterocycles. The molecule has 0 aliphatic rings. The first-order valence-electron chi connectivity index (χ1n) is 7.70. The van der Waals surface area contributed by atoms with Gasteiger partial charge in [0.25, 0.3) is 0 Å². The summed E-state index contributed by atoms with van der Waals surface area (Å²) in [6, 6.07) is 15.8. The second-order valence-electron chi connectivity index (χ2n) is 5.35. The van der Waals surface area contributed by atoms with Crippen molar-refractivity contribution in [2.45, 2.75) is 24.9 Å². The van der Waals surface area contributed by atoms with Crippen LogP contribution in [-0.4, -0.2) is 30.7 Å². The molecule has 0 aliphatic heterocycles. The molecule has 2 aromatic carbocycles. The highest BCUT2D eigenvalue weighted by atomic mass is 32.2. The summed E-state index contributed by atoms with van der Waals surface area (Å²) in [6.45, 7) is 3.43. The Morgan fingerprint density at radius 1 is 1.17 bits per heavy atom. The molecule has 124 valence electrons. The Hall–Kier alpha value is -2.54. The molecule has 0 radical (unpaired) electrons. The Morgan fingerprint density at radius 3 is 2.67 bits per heavy atom. The summed E-state index contributed by atoms with van der Waals surface area (Å²) >= 11 is 0. The third-order valence-corrected chi connectivity index (χ3v) is 4.64. The molecule has 24 heavy (non-hydrogen) atoms. The van der Waals surface area contributed by atoms with Crippen LogP contribution in [0, 0.1) is 0 Å². The first-order valence-corrected chi connectivity index (χ1v) is 9.26. The molecule has 1 aromatic heterocycles. The highest BCUT2D eigenvalue weighted by Crippen LogP contribution is 2.20. The Labute approximate surface area is 143 Å². The summed E-state index contributed by atoms with van der Waals surface area (Å²) in [5.41, 5.74) is 3.11. The second-order valence-corrected chi connectivity index (χ2v) is 6.73. The molecule has 0 saturated carbocycles. The van der Waals surface area contributed by atoms with Gasteiger partial charge in [-0.15, -0.1) is 5.10 Å². The maximum absolute atomic E-state index is 11.4. The van der Waals surface area contributed by atoms with Crippen LogP contribution >= 0.6 is 0 Å². The zero-order chi connectivity index (χ0) is 16.9. The minimum Gasteiger partial charge on any atom is -0.381 e. The van der Waals surface area contributed by atoms with Gasteiger partial charge in [0.2, 0.25) is 0 Å². The van der Waals surface area contributed by atoms with E-state index in [1.807, 2.05) is 55.5 Å². The minimum atomic E-state index is -0.942. The Kier molecular flexibility index (Phi) is 5.00. The number of aromatic nitrogens is 4. The molecule has 1 N–H and O–H groups in total. The van der Waals surface area contributed by atoms with Crippen LogP contribution < -0.4 is 5.32 Å². The summed E-state index contributed by atoms with van der Waals surface area (Å²) in [6.07, 6.45) is 1.68. The van der Waals surface area contributed by atoms with Crippen molar-refractivity contribution in [1.82, 2.24) is 20.2 Å². The van der Waals surface area contributed by atoms with E-state index in [-0.39, 0.29) is 0 Å². The first kappa shape index (κ1) is 16.3. The van der Waals surface area contributed by atoms with E-state index in [4.69, 9.17) is 0 Å². The van der Waals surface area contributed by atoms with Crippen molar-refractivity contribution in [3.05, 3.63) is 54.1 Å². The molecule has 3 rings (SSSR count). The SMILES string of the molecule is CCn1nnnc1-c1cccc(NCc2ccc(S(C)=O)cc2)c1. The van der Waals surface area contributed by atoms with E-state index in [1.165, 1.54) is 0 Å². The maximum atomic E-state index is 11.4. The average molecular weight is 341 g/mol. The van der Waals surface area contributed by atoms with E-state index >= 15 is 0 Å². The second kappa shape index (κ2) is 7.35. The van der Waals surface area contributed by atoms with E-state index in [9.17, 15) is 4.21 Å². The Morgan fingerprint density at radius 2 is 1.96 bits per heavy atom. The van der Waals surface area contributed by atoms with Crippen LogP contribution in [-0.2, 0) is 23.9 Å². The van der Waals surface area contributed by atoms with Crippen molar-refractivity contribution in [3.8, 4) is 11.4 Å². The van der Waals surface area contributed by atoms with E-state index in [0.29, 0.717) is 6.54 Å². The van der Waals surface area contributed by atoms with Crippen molar-refractivity contribution in [2.24, 2.45) is 0 Å². The molecule has 0 bridgehead atoms. The van der Waals surface area contributed by atoms with Crippen LogP contribution in [0.15, 0.2) is 53.4 Å². The van der Waals surface area contributed by atoms with Gasteiger partial charge < -0.3 is 5.32 Å². The lowest BCUT2D eigenvalue weighted by Gasteiger charge is -2.09. The normalized spacial score (nSPS) is 12.1. The van der Waals surface area contributed by atoms with E-state index in [0.717, 1.165) is 34.1 Å². The van der Waals surface area contributed by atoms with Gasteiger partial charge in [0, 0.05) is 46.3 Å². The van der Waals surface area contributed by atoms with E-state index < -0.39 is 10.8 Å². The summed E-state index contributed by atoms with van der Waals surface area (Å²) in [7, 11) is -0.942. The molecule has 0 amide bonds. The summed E-state index contributed by atoms with van der Waals surface area (Å²) in [4.78, 5) is 0.840. The fourth-order valence-electron chi connectivity index (χ4n) is 2.40. The number of benzene rings is 2. The van der Waals surface area contributed by atoms with Gasteiger partial charge in [-0.3, -0.25) is 4.21 Å². The van der Waals surface area contributed by atoms with Crippen molar-refractivity contribution in [3.63, 3.8) is 0 Å². The van der Waals surface area contributed by atoms with Gasteiger partial charge in [-0.05, 0) is 47.2 Å². The van der Waals surface area contributed by atoms with E-state index in [1.54, 1.807) is 10.9 Å². The third kappa shape index (κ3) is 3.68. The Balaban J connectivity index is 1.72. The summed E-state index contributed by atoms with van der Waals surface area (Å²) < 4.78 is 13.2. The zero-order valence-corrected chi connectivity index (χ0v) is 14.5. The number of aryl methyl sites for hydroxylation is 1. The lowest BCUT2D eigenvalue weighted by Crippen LogP contribution is -2.02. The minimum absolute atomic E-state index is 0.693. The smallest absolute Gasteiger partial charge is 0.182 e. The monoisotopic (exact) mass is 341 g/mol. The molecule has 1 atom stereocenters. The van der Waals surface area contributed by atoms with Crippen molar-refractivity contribution >= 4 is 16.5 Å². The van der Waals surface area contributed by atoms with Gasteiger partial charge in [-0.25, -0.2) is 4.68 Å². The van der Waals surface area contributed by atoms with Crippen molar-refractivity contribution < 1.29 is 4.21 Å². The van der Waals surface area contributed by atoms with Gasteiger partial charge in [-0.1, -0.05) is 24.3 Å². The largest absolute Gasteiger partial charge is 0.381 e. The number of hydrogen-bond donors (Lipinski definition) is 1. The molecule has 0 aliphatic carbocycles. The maximum Gasteiger partial charge on any atom is 0.182 e. The number of hydrogen-bond acceptors (Lipinski definition) is 5. The third-order valence-electron chi connectivity index (χ3n) is 3.70. The standard InChI is InChI=1S/C17H19N5OS/c1-3-22-17(19-20-21-22)14-5-4-6-15(11-14)18-12-13-7-9-16(10-8-13)24(2)23/h4-11,18H,3,12H2,1-2H3. The number of nitrogens with zero attached hydrogens (tertiary/aromatic N) is 4. The van der Waals surface area contributed by atoms with Crippen molar-refractivity contribution in [2.75, 3.05) is 11.6 Å². The molecule has 1 unspecified atom stereocenters. The summed E-state index contributed by atoms with van der Waals surface area (Å²) in [5, 5.41) is 15.2. The fourth-order valence-corrected chi connectivity index (χ4v) is 2.92. The lowest BCUT2D eigenvalue weighted by atomic mass is 10.1. The lowest BCUT2D eigenvalue weighted by molar-refractivity contribution is 0.631. The number of tetrazole rings is 1. The average Bonchev–Trinajstić information content (AvgIpc) is 3.09. The van der Waals surface area contributed by atoms with Gasteiger partial charge in [-0.2, -0.15) is 0 Å². The topological polar surface area (TPSA) is 72.7 Å². The fraction of sp³-hybridized carbons (Fsp3) is 0.235. The molecule has 0 fully saturated rings. The zero-order valence-electron chi connectivity index (χ0n) is 13.6. The van der Waals surface area contributed by atoms with Crippen LogP contribution in [0.2, 0.25) is 0 Å². The molecule has 7 heteroatoms. The number of rotatable bonds is 6. The predicted octanol–water partition coefficient (Wildman–Crippen LogP) is 2.71. The highest BCUT2D eigenvalue weighted by Gasteiger charge is 2.08. The first-order chi connectivity index (χ1) is 11.7. The van der Waals surface area contributed by atoms with Gasteiger partial charge >= 0.3 is 0 Å². The van der Waals surface area contributed by atoms with Gasteiger partial charge in [0.05, 0.1) is 0 Å². The van der Waals surface area contributed by atoms with Gasteiger partial charge in [0.15, 0.2) is 5.82 Å². The van der Waals surface area contributed by atoms with Crippen LogP contribution in [0.3, 0.4) is 0 Å². The molecule has 1 heterocycles. The molecular weight excluding hydrogens is 322 g/mol. The van der Waals surface area contributed by atoms with Crippen LogP contribution in [0.4, 0.5) is 5.69 Å². The van der Waals surface area contributed by atoms with Crippen molar-refractivity contribution in [1.29, 1.82) is 0 Å². The van der Waals surface area contributed by atoms with Gasteiger partial charge in [0.1, 0.15) is 0 Å².